The molecule has 156 valence electrons. The van der Waals surface area contributed by atoms with E-state index >= 15 is 0 Å². The predicted molar refractivity (Wildman–Crippen MR) is 119 cm³/mol. The number of nitrogens with one attached hydrogen (secondary N) is 1. The van der Waals surface area contributed by atoms with Gasteiger partial charge < -0.3 is 10.2 Å². The number of thiazole rings is 1. The molecule has 1 aliphatic rings. The molecule has 0 aliphatic carbocycles. The van der Waals surface area contributed by atoms with E-state index in [-0.39, 0.29) is 11.8 Å². The van der Waals surface area contributed by atoms with Crippen LogP contribution in [0.2, 0.25) is 0 Å². The molecule has 0 spiro atoms. The van der Waals surface area contributed by atoms with Crippen molar-refractivity contribution in [2.75, 3.05) is 6.54 Å². The van der Waals surface area contributed by atoms with Crippen LogP contribution in [0.1, 0.15) is 38.0 Å². The fraction of sp³-hybridized carbons (Fsp3) is 0.364. The van der Waals surface area contributed by atoms with Crippen LogP contribution in [0, 0.1) is 13.8 Å². The minimum Gasteiger partial charge on any atom is -0.352 e. The van der Waals surface area contributed by atoms with Crippen molar-refractivity contribution in [1.82, 2.24) is 20.2 Å². The average Bonchev–Trinajstić information content (AvgIpc) is 3.38. The number of hydrogen-bond donors (Lipinski definition) is 1. The number of rotatable bonds is 6. The number of pyridine rings is 1. The Hall–Kier alpha value is -2.58. The largest absolute Gasteiger partial charge is 0.352 e. The second-order valence-electron chi connectivity index (χ2n) is 7.46. The molecule has 0 bridgehead atoms. The summed E-state index contributed by atoms with van der Waals surface area (Å²) in [6, 6.07) is 3.93. The van der Waals surface area contributed by atoms with E-state index in [1.54, 1.807) is 22.7 Å². The van der Waals surface area contributed by atoms with E-state index in [2.05, 4.69) is 15.3 Å². The van der Waals surface area contributed by atoms with Gasteiger partial charge in [0.25, 0.3) is 0 Å². The van der Waals surface area contributed by atoms with Gasteiger partial charge in [0, 0.05) is 41.8 Å². The quantitative estimate of drug-likeness (QED) is 0.639. The van der Waals surface area contributed by atoms with Crippen LogP contribution in [0.5, 0.6) is 0 Å². The Bertz CT molecular complexity index is 1060. The molecule has 8 heteroatoms. The van der Waals surface area contributed by atoms with Gasteiger partial charge in [0.2, 0.25) is 11.8 Å². The Morgan fingerprint density at radius 3 is 2.83 bits per heavy atom. The normalized spacial score (nSPS) is 13.2. The van der Waals surface area contributed by atoms with Crippen molar-refractivity contribution in [1.29, 1.82) is 0 Å². The van der Waals surface area contributed by atoms with Gasteiger partial charge >= 0.3 is 0 Å². The van der Waals surface area contributed by atoms with Crippen molar-refractivity contribution in [3.05, 3.63) is 67.1 Å². The molecule has 0 saturated heterocycles. The Labute approximate surface area is 184 Å². The fourth-order valence-corrected chi connectivity index (χ4v) is 5.06. The van der Waals surface area contributed by atoms with Crippen molar-refractivity contribution in [2.45, 2.75) is 46.2 Å². The number of hydrogen-bond acceptors (Lipinski definition) is 6. The van der Waals surface area contributed by atoms with E-state index < -0.39 is 0 Å². The molecule has 0 radical (unpaired) electrons. The molecule has 30 heavy (non-hydrogen) atoms. The van der Waals surface area contributed by atoms with Gasteiger partial charge in [-0.15, -0.1) is 22.7 Å². The zero-order valence-electron chi connectivity index (χ0n) is 17.1. The van der Waals surface area contributed by atoms with E-state index in [0.29, 0.717) is 32.5 Å². The maximum absolute atomic E-state index is 12.7. The van der Waals surface area contributed by atoms with Gasteiger partial charge in [0.1, 0.15) is 0 Å². The van der Waals surface area contributed by atoms with Crippen molar-refractivity contribution >= 4 is 34.5 Å². The SMILES string of the molecule is Cc1nc(CC(=O)N2CCc3c(cnc(C)c3CNC(=O)Cc3cccs3)C2)cs1. The smallest absolute Gasteiger partial charge is 0.228 e. The van der Waals surface area contributed by atoms with Crippen LogP contribution in [-0.2, 0) is 41.9 Å². The number of thiophene rings is 1. The summed E-state index contributed by atoms with van der Waals surface area (Å²) in [4.78, 5) is 36.9. The summed E-state index contributed by atoms with van der Waals surface area (Å²) in [5.74, 6) is 0.109. The highest BCUT2D eigenvalue weighted by Gasteiger charge is 2.24. The first-order chi connectivity index (χ1) is 14.5. The molecule has 0 aromatic carbocycles. The summed E-state index contributed by atoms with van der Waals surface area (Å²) in [7, 11) is 0. The maximum Gasteiger partial charge on any atom is 0.228 e. The highest BCUT2D eigenvalue weighted by Crippen LogP contribution is 2.24. The second kappa shape index (κ2) is 9.06. The van der Waals surface area contributed by atoms with Gasteiger partial charge in [0.15, 0.2) is 0 Å². The molecule has 2 amide bonds. The van der Waals surface area contributed by atoms with Gasteiger partial charge in [-0.2, -0.15) is 0 Å². The summed E-state index contributed by atoms with van der Waals surface area (Å²) >= 11 is 3.16. The Morgan fingerprint density at radius 1 is 1.23 bits per heavy atom. The van der Waals surface area contributed by atoms with Gasteiger partial charge in [-0.05, 0) is 48.4 Å². The molecule has 1 N–H and O–H groups in total. The number of nitrogens with zero attached hydrogens (tertiary/aromatic N) is 3. The van der Waals surface area contributed by atoms with Gasteiger partial charge in [-0.25, -0.2) is 4.98 Å². The molecule has 4 heterocycles. The second-order valence-corrected chi connectivity index (χ2v) is 9.55. The molecule has 3 aromatic rings. The third kappa shape index (κ3) is 4.76. The van der Waals surface area contributed by atoms with Crippen LogP contribution in [-0.4, -0.2) is 33.2 Å². The maximum atomic E-state index is 12.7. The van der Waals surface area contributed by atoms with Crippen LogP contribution in [0.3, 0.4) is 0 Å². The lowest BCUT2D eigenvalue weighted by atomic mass is 9.94. The lowest BCUT2D eigenvalue weighted by molar-refractivity contribution is -0.131. The van der Waals surface area contributed by atoms with Crippen LogP contribution < -0.4 is 5.32 Å². The summed E-state index contributed by atoms with van der Waals surface area (Å²) in [6.07, 6.45) is 3.38. The molecule has 0 saturated carbocycles. The molecular formula is C22H24N4O2S2. The zero-order valence-corrected chi connectivity index (χ0v) is 18.7. The number of aryl methyl sites for hydroxylation is 2. The van der Waals surface area contributed by atoms with E-state index in [9.17, 15) is 9.59 Å². The summed E-state index contributed by atoms with van der Waals surface area (Å²) in [6.45, 7) is 5.63. The Balaban J connectivity index is 1.41. The summed E-state index contributed by atoms with van der Waals surface area (Å²) in [5.41, 5.74) is 5.13. The standard InChI is InChI=1S/C22H24N4O2S2/c1-14-20(11-24-21(27)9-18-4-3-7-29-18)19-5-6-26(12-16(19)10-23-14)22(28)8-17-13-30-15(2)25-17/h3-4,7,10,13H,5-6,8-9,11-12H2,1-2H3,(H,24,27). The first-order valence-corrected chi connectivity index (χ1v) is 11.7. The monoisotopic (exact) mass is 440 g/mol. The zero-order chi connectivity index (χ0) is 21.1. The number of carbonyl (C=O) groups excluding carboxylic acids is 2. The predicted octanol–water partition coefficient (Wildman–Crippen LogP) is 3.20. The first-order valence-electron chi connectivity index (χ1n) is 9.93. The molecule has 4 rings (SSSR count). The molecular weight excluding hydrogens is 416 g/mol. The highest BCUT2D eigenvalue weighted by molar-refractivity contribution is 7.10. The Morgan fingerprint density at radius 2 is 2.10 bits per heavy atom. The van der Waals surface area contributed by atoms with Crippen molar-refractivity contribution in [2.24, 2.45) is 0 Å². The molecule has 0 fully saturated rings. The van der Waals surface area contributed by atoms with Crippen molar-refractivity contribution in [3.8, 4) is 0 Å². The average molecular weight is 441 g/mol. The van der Waals surface area contributed by atoms with E-state index in [0.717, 1.165) is 38.8 Å². The molecule has 0 unspecified atom stereocenters. The van der Waals surface area contributed by atoms with Crippen LogP contribution in [0.25, 0.3) is 0 Å². The van der Waals surface area contributed by atoms with E-state index in [1.807, 2.05) is 47.8 Å². The molecule has 3 aromatic heterocycles. The molecule has 0 atom stereocenters. The minimum absolute atomic E-state index is 0.0145. The van der Waals surface area contributed by atoms with Gasteiger partial charge in [0.05, 0.1) is 23.5 Å². The van der Waals surface area contributed by atoms with Gasteiger partial charge in [-0.3, -0.25) is 14.6 Å². The molecule has 6 nitrogen and oxygen atoms in total. The number of carbonyl (C=O) groups is 2. The Kier molecular flexibility index (Phi) is 6.24. The summed E-state index contributed by atoms with van der Waals surface area (Å²) < 4.78 is 0. The third-order valence-electron chi connectivity index (χ3n) is 5.32. The van der Waals surface area contributed by atoms with Crippen LogP contribution >= 0.6 is 22.7 Å². The number of fused-ring (bicyclic) bond motifs is 1. The lowest BCUT2D eigenvalue weighted by Crippen LogP contribution is -2.38. The first kappa shape index (κ1) is 20.7. The van der Waals surface area contributed by atoms with Crippen LogP contribution in [0.15, 0.2) is 29.1 Å². The van der Waals surface area contributed by atoms with Crippen LogP contribution in [0.4, 0.5) is 0 Å². The highest BCUT2D eigenvalue weighted by atomic mass is 32.1. The topological polar surface area (TPSA) is 75.2 Å². The number of amides is 2. The minimum atomic E-state index is 0.0145. The molecule has 1 aliphatic heterocycles. The summed E-state index contributed by atoms with van der Waals surface area (Å²) in [5, 5.41) is 7.95. The lowest BCUT2D eigenvalue weighted by Gasteiger charge is -2.30. The van der Waals surface area contributed by atoms with Gasteiger partial charge in [-0.1, -0.05) is 6.07 Å². The fourth-order valence-electron chi connectivity index (χ4n) is 3.75. The van der Waals surface area contributed by atoms with E-state index in [1.165, 1.54) is 5.56 Å². The van der Waals surface area contributed by atoms with Crippen molar-refractivity contribution < 1.29 is 9.59 Å². The van der Waals surface area contributed by atoms with E-state index in [4.69, 9.17) is 0 Å². The third-order valence-corrected chi connectivity index (χ3v) is 7.02. The number of aromatic nitrogens is 2. The van der Waals surface area contributed by atoms with Crippen molar-refractivity contribution in [3.63, 3.8) is 0 Å².